The number of Topliss-reactive ketones (excluding diaryl/α,β-unsaturated/α-hetero) is 1. The molecule has 0 saturated heterocycles. The fourth-order valence-corrected chi connectivity index (χ4v) is 1.95. The van der Waals surface area contributed by atoms with Gasteiger partial charge in [0.05, 0.1) is 26.4 Å². The zero-order valence-corrected chi connectivity index (χ0v) is 12.2. The minimum Gasteiger partial charge on any atom is -0.497 e. The van der Waals surface area contributed by atoms with Gasteiger partial charge in [0.1, 0.15) is 18.1 Å². The van der Waals surface area contributed by atoms with Gasteiger partial charge in [-0.3, -0.25) is 4.79 Å². The highest BCUT2D eigenvalue weighted by Crippen LogP contribution is 2.24. The maximum absolute atomic E-state index is 12.2. The molecule has 2 rings (SSSR count). The summed E-state index contributed by atoms with van der Waals surface area (Å²) < 4.78 is 15.8. The van der Waals surface area contributed by atoms with Crippen molar-refractivity contribution in [3.05, 3.63) is 59.7 Å². The van der Waals surface area contributed by atoms with Crippen LogP contribution in [0.2, 0.25) is 0 Å². The molecule has 0 atom stereocenters. The molecule has 2 aromatic carbocycles. The third-order valence-corrected chi connectivity index (χ3v) is 3.05. The topological polar surface area (TPSA) is 44.8 Å². The number of ketones is 1. The Morgan fingerprint density at radius 3 is 2.43 bits per heavy atom. The Labute approximate surface area is 124 Å². The van der Waals surface area contributed by atoms with Crippen LogP contribution in [-0.4, -0.2) is 26.6 Å². The van der Waals surface area contributed by atoms with Gasteiger partial charge in [-0.05, 0) is 23.8 Å². The lowest BCUT2D eigenvalue weighted by atomic mass is 10.1. The van der Waals surface area contributed by atoms with Gasteiger partial charge in [-0.15, -0.1) is 0 Å². The third kappa shape index (κ3) is 4.07. The summed E-state index contributed by atoms with van der Waals surface area (Å²) in [6.07, 6.45) is 0. The highest BCUT2D eigenvalue weighted by Gasteiger charge is 2.13. The van der Waals surface area contributed by atoms with Gasteiger partial charge in [-0.1, -0.05) is 30.3 Å². The zero-order valence-electron chi connectivity index (χ0n) is 12.2. The number of rotatable bonds is 7. The minimum atomic E-state index is -0.137. The standard InChI is InChI=1S/C17H18O4/c1-19-14-8-9-17(20-2)15(10-14)16(18)12-21-11-13-6-4-3-5-7-13/h3-10H,11-12H2,1-2H3. The summed E-state index contributed by atoms with van der Waals surface area (Å²) in [6.45, 7) is 0.400. The first-order valence-electron chi connectivity index (χ1n) is 6.61. The number of hydrogen-bond acceptors (Lipinski definition) is 4. The quantitative estimate of drug-likeness (QED) is 0.734. The van der Waals surface area contributed by atoms with Gasteiger partial charge in [0.15, 0.2) is 5.78 Å². The van der Waals surface area contributed by atoms with Gasteiger partial charge in [0.25, 0.3) is 0 Å². The van der Waals surface area contributed by atoms with E-state index in [1.807, 2.05) is 30.3 Å². The van der Waals surface area contributed by atoms with Crippen molar-refractivity contribution in [3.63, 3.8) is 0 Å². The number of carbonyl (C=O) groups is 1. The van der Waals surface area contributed by atoms with Gasteiger partial charge in [-0.25, -0.2) is 0 Å². The van der Waals surface area contributed by atoms with Crippen molar-refractivity contribution in [2.45, 2.75) is 6.61 Å². The van der Waals surface area contributed by atoms with E-state index in [0.717, 1.165) is 5.56 Å². The number of methoxy groups -OCH3 is 2. The summed E-state index contributed by atoms with van der Waals surface area (Å²) in [5.74, 6) is 0.994. The van der Waals surface area contributed by atoms with Gasteiger partial charge in [-0.2, -0.15) is 0 Å². The van der Waals surface area contributed by atoms with Crippen molar-refractivity contribution in [3.8, 4) is 11.5 Å². The first kappa shape index (κ1) is 15.1. The SMILES string of the molecule is COc1ccc(OC)c(C(=O)COCc2ccccc2)c1. The summed E-state index contributed by atoms with van der Waals surface area (Å²) in [7, 11) is 3.09. The highest BCUT2D eigenvalue weighted by molar-refractivity contribution is 6.00. The molecule has 0 aliphatic rings. The second-order valence-corrected chi connectivity index (χ2v) is 4.47. The van der Waals surface area contributed by atoms with E-state index >= 15 is 0 Å². The van der Waals surface area contributed by atoms with E-state index in [2.05, 4.69) is 0 Å². The van der Waals surface area contributed by atoms with Crippen molar-refractivity contribution < 1.29 is 19.0 Å². The van der Waals surface area contributed by atoms with E-state index in [0.29, 0.717) is 23.7 Å². The maximum Gasteiger partial charge on any atom is 0.192 e. The first-order chi connectivity index (χ1) is 10.2. The molecule has 110 valence electrons. The van der Waals surface area contributed by atoms with Crippen LogP contribution < -0.4 is 9.47 Å². The summed E-state index contributed by atoms with van der Waals surface area (Å²) in [5.41, 5.74) is 1.49. The normalized spacial score (nSPS) is 10.2. The molecule has 4 nitrogen and oxygen atoms in total. The molecule has 2 aromatic rings. The van der Waals surface area contributed by atoms with Crippen molar-refractivity contribution in [2.75, 3.05) is 20.8 Å². The summed E-state index contributed by atoms with van der Waals surface area (Å²) >= 11 is 0. The Balaban J connectivity index is 1.99. The second kappa shape index (κ2) is 7.45. The second-order valence-electron chi connectivity index (χ2n) is 4.47. The molecular weight excluding hydrogens is 268 g/mol. The van der Waals surface area contributed by atoms with Crippen molar-refractivity contribution >= 4 is 5.78 Å². The molecule has 0 heterocycles. The summed E-state index contributed by atoms with van der Waals surface area (Å²) in [4.78, 5) is 12.2. The van der Waals surface area contributed by atoms with Gasteiger partial charge < -0.3 is 14.2 Å². The Morgan fingerprint density at radius 2 is 1.76 bits per heavy atom. The number of ether oxygens (including phenoxy) is 3. The molecule has 0 spiro atoms. The Morgan fingerprint density at radius 1 is 1.00 bits per heavy atom. The molecule has 0 unspecified atom stereocenters. The van der Waals surface area contributed by atoms with E-state index in [4.69, 9.17) is 14.2 Å². The molecule has 0 fully saturated rings. The van der Waals surface area contributed by atoms with Crippen LogP contribution in [0.5, 0.6) is 11.5 Å². The molecule has 21 heavy (non-hydrogen) atoms. The van der Waals surface area contributed by atoms with Crippen LogP contribution in [0.4, 0.5) is 0 Å². The largest absolute Gasteiger partial charge is 0.497 e. The fourth-order valence-electron chi connectivity index (χ4n) is 1.95. The van der Waals surface area contributed by atoms with E-state index in [1.54, 1.807) is 25.3 Å². The fraction of sp³-hybridized carbons (Fsp3) is 0.235. The smallest absolute Gasteiger partial charge is 0.192 e. The van der Waals surface area contributed by atoms with Crippen LogP contribution in [0.3, 0.4) is 0 Å². The van der Waals surface area contributed by atoms with Crippen molar-refractivity contribution in [2.24, 2.45) is 0 Å². The van der Waals surface area contributed by atoms with Crippen molar-refractivity contribution in [1.29, 1.82) is 0 Å². The highest BCUT2D eigenvalue weighted by atomic mass is 16.5. The third-order valence-electron chi connectivity index (χ3n) is 3.05. The summed E-state index contributed by atoms with van der Waals surface area (Å²) in [6, 6.07) is 14.8. The molecule has 4 heteroatoms. The predicted molar refractivity (Wildman–Crippen MR) is 80.0 cm³/mol. The Bertz CT molecular complexity index is 593. The van der Waals surface area contributed by atoms with Crippen LogP contribution in [0.1, 0.15) is 15.9 Å². The van der Waals surface area contributed by atoms with E-state index in [9.17, 15) is 4.79 Å². The van der Waals surface area contributed by atoms with Crippen LogP contribution in [-0.2, 0) is 11.3 Å². The first-order valence-corrected chi connectivity index (χ1v) is 6.61. The summed E-state index contributed by atoms with van der Waals surface area (Å²) in [5, 5.41) is 0. The average molecular weight is 286 g/mol. The van der Waals surface area contributed by atoms with Gasteiger partial charge in [0.2, 0.25) is 0 Å². The van der Waals surface area contributed by atoms with Crippen LogP contribution in [0, 0.1) is 0 Å². The minimum absolute atomic E-state index is 0.00157. The average Bonchev–Trinajstić information content (AvgIpc) is 2.55. The van der Waals surface area contributed by atoms with E-state index in [-0.39, 0.29) is 12.4 Å². The molecular formula is C17H18O4. The van der Waals surface area contributed by atoms with Crippen LogP contribution in [0.15, 0.2) is 48.5 Å². The number of hydrogen-bond donors (Lipinski definition) is 0. The lowest BCUT2D eigenvalue weighted by molar-refractivity contribution is 0.0723. The molecule has 0 aliphatic carbocycles. The van der Waals surface area contributed by atoms with E-state index in [1.165, 1.54) is 7.11 Å². The molecule has 0 bridgehead atoms. The molecule has 0 radical (unpaired) electrons. The molecule has 0 saturated carbocycles. The molecule has 0 amide bonds. The lowest BCUT2D eigenvalue weighted by Gasteiger charge is -2.10. The molecule has 0 aliphatic heterocycles. The predicted octanol–water partition coefficient (Wildman–Crippen LogP) is 3.10. The molecule has 0 N–H and O–H groups in total. The number of benzene rings is 2. The monoisotopic (exact) mass is 286 g/mol. The lowest BCUT2D eigenvalue weighted by Crippen LogP contribution is -2.10. The van der Waals surface area contributed by atoms with Crippen molar-refractivity contribution in [1.82, 2.24) is 0 Å². The van der Waals surface area contributed by atoms with Gasteiger partial charge >= 0.3 is 0 Å². The number of carbonyl (C=O) groups excluding carboxylic acids is 1. The van der Waals surface area contributed by atoms with Crippen LogP contribution >= 0.6 is 0 Å². The van der Waals surface area contributed by atoms with Gasteiger partial charge in [0, 0.05) is 0 Å². The van der Waals surface area contributed by atoms with Crippen LogP contribution in [0.25, 0.3) is 0 Å². The zero-order chi connectivity index (χ0) is 15.1. The maximum atomic E-state index is 12.2. The molecule has 0 aromatic heterocycles. The van der Waals surface area contributed by atoms with E-state index < -0.39 is 0 Å². The Kier molecular flexibility index (Phi) is 5.35. The Hall–Kier alpha value is -2.33.